The zero-order valence-electron chi connectivity index (χ0n) is 15.8. The van der Waals surface area contributed by atoms with Gasteiger partial charge in [0.15, 0.2) is 0 Å². The van der Waals surface area contributed by atoms with Gasteiger partial charge in [0.05, 0.1) is 12.8 Å². The molecule has 3 aromatic rings. The lowest BCUT2D eigenvalue weighted by molar-refractivity contribution is 0.102. The Bertz CT molecular complexity index is 1060. The second kappa shape index (κ2) is 8.52. The molecule has 0 fully saturated rings. The van der Waals surface area contributed by atoms with Crippen molar-refractivity contribution in [3.63, 3.8) is 0 Å². The minimum Gasteiger partial charge on any atom is -0.495 e. The number of ether oxygens (including phenoxy) is 1. The molecular formula is C22H18F2N2O3. The van der Waals surface area contributed by atoms with Gasteiger partial charge in [0.1, 0.15) is 23.1 Å². The lowest BCUT2D eigenvalue weighted by Gasteiger charge is -2.12. The molecule has 2 amide bonds. The van der Waals surface area contributed by atoms with Gasteiger partial charge >= 0.3 is 0 Å². The number of hydrogen-bond acceptors (Lipinski definition) is 3. The Kier molecular flexibility index (Phi) is 5.87. The number of benzene rings is 3. The number of halogens is 2. The molecule has 0 aromatic heterocycles. The van der Waals surface area contributed by atoms with Crippen molar-refractivity contribution in [2.75, 3.05) is 17.7 Å². The van der Waals surface area contributed by atoms with Crippen LogP contribution in [0.1, 0.15) is 26.3 Å². The molecule has 0 aliphatic rings. The van der Waals surface area contributed by atoms with Crippen LogP contribution in [0.4, 0.5) is 20.2 Å². The molecule has 0 spiro atoms. The van der Waals surface area contributed by atoms with Gasteiger partial charge in [-0.15, -0.1) is 0 Å². The van der Waals surface area contributed by atoms with Gasteiger partial charge in [-0.2, -0.15) is 0 Å². The minimum absolute atomic E-state index is 0.0801. The summed E-state index contributed by atoms with van der Waals surface area (Å²) in [5.41, 5.74) is 1.16. The molecule has 3 aromatic carbocycles. The third-order valence-corrected chi connectivity index (χ3v) is 4.19. The highest BCUT2D eigenvalue weighted by atomic mass is 19.1. The Balaban J connectivity index is 1.81. The van der Waals surface area contributed by atoms with Crippen LogP contribution in [0.3, 0.4) is 0 Å². The van der Waals surface area contributed by atoms with Crippen LogP contribution in [0, 0.1) is 18.6 Å². The summed E-state index contributed by atoms with van der Waals surface area (Å²) in [4.78, 5) is 25.0. The summed E-state index contributed by atoms with van der Waals surface area (Å²) in [6.45, 7) is 1.88. The van der Waals surface area contributed by atoms with Crippen LogP contribution in [-0.4, -0.2) is 18.9 Å². The highest BCUT2D eigenvalue weighted by Crippen LogP contribution is 2.26. The first-order chi connectivity index (χ1) is 13.9. The molecule has 0 unspecified atom stereocenters. The number of anilines is 2. The molecule has 0 bridgehead atoms. The van der Waals surface area contributed by atoms with Gasteiger partial charge in [-0.1, -0.05) is 18.2 Å². The smallest absolute Gasteiger partial charge is 0.255 e. The first-order valence-electron chi connectivity index (χ1n) is 8.70. The number of nitrogens with one attached hydrogen (secondary N) is 2. The predicted molar refractivity (Wildman–Crippen MR) is 106 cm³/mol. The number of carbonyl (C=O) groups excluding carboxylic acids is 2. The van der Waals surface area contributed by atoms with E-state index in [2.05, 4.69) is 10.6 Å². The number of para-hydroxylation sites is 1. The van der Waals surface area contributed by atoms with Crippen LogP contribution >= 0.6 is 0 Å². The Morgan fingerprint density at radius 1 is 0.828 bits per heavy atom. The van der Waals surface area contributed by atoms with Gasteiger partial charge in [0.2, 0.25) is 0 Å². The maximum absolute atomic E-state index is 13.7. The van der Waals surface area contributed by atoms with Crippen molar-refractivity contribution in [2.45, 2.75) is 6.92 Å². The van der Waals surface area contributed by atoms with Crippen molar-refractivity contribution in [3.8, 4) is 5.75 Å². The fraction of sp³-hybridized carbons (Fsp3) is 0.0909. The van der Waals surface area contributed by atoms with Gasteiger partial charge in [0, 0.05) is 11.1 Å². The van der Waals surface area contributed by atoms with E-state index in [1.54, 1.807) is 12.1 Å². The lowest BCUT2D eigenvalue weighted by Crippen LogP contribution is -2.17. The lowest BCUT2D eigenvalue weighted by atomic mass is 10.1. The maximum Gasteiger partial charge on any atom is 0.255 e. The first-order valence-corrected chi connectivity index (χ1v) is 8.70. The summed E-state index contributed by atoms with van der Waals surface area (Å²) < 4.78 is 32.7. The molecule has 0 aliphatic heterocycles. The molecule has 0 saturated heterocycles. The molecule has 0 heterocycles. The monoisotopic (exact) mass is 396 g/mol. The highest BCUT2D eigenvalue weighted by molar-refractivity contribution is 6.09. The van der Waals surface area contributed by atoms with E-state index in [0.717, 1.165) is 17.7 Å². The summed E-state index contributed by atoms with van der Waals surface area (Å²) in [7, 11) is 1.49. The summed E-state index contributed by atoms with van der Waals surface area (Å²) in [5, 5.41) is 4.93. The molecule has 0 aliphatic carbocycles. The molecule has 0 saturated carbocycles. The van der Waals surface area contributed by atoms with Crippen molar-refractivity contribution >= 4 is 23.2 Å². The fourth-order valence-electron chi connectivity index (χ4n) is 2.72. The fourth-order valence-corrected chi connectivity index (χ4v) is 2.72. The second-order valence-electron chi connectivity index (χ2n) is 6.29. The molecule has 148 valence electrons. The largest absolute Gasteiger partial charge is 0.495 e. The SMILES string of the molecule is COc1ccc(C)cc1NC(=O)c1cccc(C(=O)Nc2c(F)cccc2F)c1. The number of methoxy groups -OCH3 is 1. The zero-order chi connectivity index (χ0) is 21.0. The zero-order valence-corrected chi connectivity index (χ0v) is 15.8. The Morgan fingerprint density at radius 3 is 2.03 bits per heavy atom. The van der Waals surface area contributed by atoms with E-state index >= 15 is 0 Å². The van der Waals surface area contributed by atoms with Crippen molar-refractivity contribution in [1.82, 2.24) is 0 Å². The van der Waals surface area contributed by atoms with Crippen LogP contribution in [0.2, 0.25) is 0 Å². The minimum atomic E-state index is -0.890. The molecule has 5 nitrogen and oxygen atoms in total. The molecule has 29 heavy (non-hydrogen) atoms. The van der Waals surface area contributed by atoms with E-state index in [9.17, 15) is 18.4 Å². The van der Waals surface area contributed by atoms with Crippen LogP contribution < -0.4 is 15.4 Å². The van der Waals surface area contributed by atoms with Gasteiger partial charge in [0.25, 0.3) is 11.8 Å². The third kappa shape index (κ3) is 4.57. The highest BCUT2D eigenvalue weighted by Gasteiger charge is 2.16. The number of amides is 2. The molecule has 0 radical (unpaired) electrons. The summed E-state index contributed by atoms with van der Waals surface area (Å²) in [6, 6.07) is 14.4. The van der Waals surface area contributed by atoms with Crippen molar-refractivity contribution < 1.29 is 23.1 Å². The van der Waals surface area contributed by atoms with Crippen LogP contribution in [0.15, 0.2) is 60.7 Å². The average Bonchev–Trinajstić information content (AvgIpc) is 2.71. The summed E-state index contributed by atoms with van der Waals surface area (Å²) in [6.07, 6.45) is 0. The van der Waals surface area contributed by atoms with Gasteiger partial charge in [-0.05, 0) is 55.0 Å². The topological polar surface area (TPSA) is 67.4 Å². The van der Waals surface area contributed by atoms with E-state index in [-0.39, 0.29) is 11.1 Å². The van der Waals surface area contributed by atoms with E-state index < -0.39 is 29.1 Å². The van der Waals surface area contributed by atoms with Crippen molar-refractivity contribution in [2.24, 2.45) is 0 Å². The number of aryl methyl sites for hydroxylation is 1. The predicted octanol–water partition coefficient (Wildman–Crippen LogP) is 4.79. The summed E-state index contributed by atoms with van der Waals surface area (Å²) >= 11 is 0. The number of hydrogen-bond donors (Lipinski definition) is 2. The number of rotatable bonds is 5. The van der Waals surface area contributed by atoms with Gasteiger partial charge < -0.3 is 15.4 Å². The standard InChI is InChI=1S/C22H18F2N2O3/c1-13-9-10-19(29-2)18(11-13)25-21(27)14-5-3-6-15(12-14)22(28)26-20-16(23)7-4-8-17(20)24/h3-12H,1-2H3,(H,25,27)(H,26,28). The van der Waals surface area contributed by atoms with Gasteiger partial charge in [-0.25, -0.2) is 8.78 Å². The molecule has 3 rings (SSSR count). The normalized spacial score (nSPS) is 10.3. The van der Waals surface area contributed by atoms with E-state index in [0.29, 0.717) is 11.4 Å². The third-order valence-electron chi connectivity index (χ3n) is 4.19. The maximum atomic E-state index is 13.7. The quantitative estimate of drug-likeness (QED) is 0.652. The Labute approximate surface area is 166 Å². The number of carbonyl (C=O) groups is 2. The average molecular weight is 396 g/mol. The first kappa shape index (κ1) is 20.0. The van der Waals surface area contributed by atoms with Crippen molar-refractivity contribution in [3.05, 3.63) is 89.0 Å². The van der Waals surface area contributed by atoms with Crippen LogP contribution in [-0.2, 0) is 0 Å². The second-order valence-corrected chi connectivity index (χ2v) is 6.29. The molecular weight excluding hydrogens is 378 g/mol. The van der Waals surface area contributed by atoms with Crippen LogP contribution in [0.5, 0.6) is 5.75 Å². The van der Waals surface area contributed by atoms with E-state index in [1.165, 1.54) is 37.4 Å². The Morgan fingerprint density at radius 2 is 1.41 bits per heavy atom. The molecule has 7 heteroatoms. The van der Waals surface area contributed by atoms with Crippen molar-refractivity contribution in [1.29, 1.82) is 0 Å². The van der Waals surface area contributed by atoms with Crippen LogP contribution in [0.25, 0.3) is 0 Å². The Hall–Kier alpha value is -3.74. The van der Waals surface area contributed by atoms with E-state index in [1.807, 2.05) is 13.0 Å². The molecule has 0 atom stereocenters. The van der Waals surface area contributed by atoms with Gasteiger partial charge in [-0.3, -0.25) is 9.59 Å². The van der Waals surface area contributed by atoms with E-state index in [4.69, 9.17) is 4.74 Å². The molecule has 2 N–H and O–H groups in total. The summed E-state index contributed by atoms with van der Waals surface area (Å²) in [5.74, 6) is -2.48.